The fourth-order valence-corrected chi connectivity index (χ4v) is 2.99. The van der Waals surface area contributed by atoms with Crippen LogP contribution in [0.4, 0.5) is 5.69 Å². The van der Waals surface area contributed by atoms with Crippen molar-refractivity contribution in [1.29, 1.82) is 0 Å². The van der Waals surface area contributed by atoms with Crippen LogP contribution in [0.5, 0.6) is 0 Å². The van der Waals surface area contributed by atoms with Gasteiger partial charge in [0.2, 0.25) is 0 Å². The second-order valence-electron chi connectivity index (χ2n) is 4.62. The molecule has 0 aliphatic rings. The van der Waals surface area contributed by atoms with Crippen molar-refractivity contribution in [3.8, 4) is 0 Å². The van der Waals surface area contributed by atoms with Gasteiger partial charge in [-0.1, -0.05) is 38.8 Å². The monoisotopic (exact) mass is 284 g/mol. The highest BCUT2D eigenvalue weighted by molar-refractivity contribution is 7.91. The fourth-order valence-electron chi connectivity index (χ4n) is 1.93. The van der Waals surface area contributed by atoms with Crippen LogP contribution in [0.3, 0.4) is 0 Å². The lowest BCUT2D eigenvalue weighted by atomic mass is 10.1. The highest BCUT2D eigenvalue weighted by Crippen LogP contribution is 2.23. The largest absolute Gasteiger partial charge is 0.380 e. The maximum absolute atomic E-state index is 12.0. The zero-order chi connectivity index (χ0) is 14.3. The second kappa shape index (κ2) is 7.50. The summed E-state index contributed by atoms with van der Waals surface area (Å²) in [5.74, 6) is 0.105. The van der Waals surface area contributed by atoms with Gasteiger partial charge in [0.25, 0.3) is 0 Å². The first-order valence-corrected chi connectivity index (χ1v) is 8.48. The molecule has 0 saturated carbocycles. The molecule has 1 rings (SSSR count). The molecule has 0 aliphatic carbocycles. The minimum Gasteiger partial charge on any atom is -0.380 e. The number of anilines is 1. The van der Waals surface area contributed by atoms with Crippen LogP contribution >= 0.6 is 0 Å². The molecule has 3 N–H and O–H groups in total. The van der Waals surface area contributed by atoms with Gasteiger partial charge in [0.15, 0.2) is 9.84 Å². The van der Waals surface area contributed by atoms with Gasteiger partial charge in [-0.2, -0.15) is 0 Å². The number of nitrogens with one attached hydrogen (secondary N) is 1. The third-order valence-electron chi connectivity index (χ3n) is 3.15. The van der Waals surface area contributed by atoms with Crippen molar-refractivity contribution in [2.24, 2.45) is 5.73 Å². The van der Waals surface area contributed by atoms with Crippen LogP contribution in [0, 0.1) is 0 Å². The summed E-state index contributed by atoms with van der Waals surface area (Å²) in [4.78, 5) is 0.368. The number of hydrogen-bond donors (Lipinski definition) is 2. The first kappa shape index (κ1) is 16.0. The SMILES string of the molecule is CCCCC(CN)Nc1ccccc1S(=O)(=O)CC. The zero-order valence-corrected chi connectivity index (χ0v) is 12.5. The Kier molecular flexibility index (Phi) is 6.31. The molecule has 1 unspecified atom stereocenters. The van der Waals surface area contributed by atoms with Crippen LogP contribution in [0.25, 0.3) is 0 Å². The molecule has 108 valence electrons. The number of rotatable bonds is 8. The summed E-state index contributed by atoms with van der Waals surface area (Å²) in [6.07, 6.45) is 3.14. The Labute approximate surface area is 116 Å². The maximum Gasteiger partial charge on any atom is 0.180 e. The second-order valence-corrected chi connectivity index (χ2v) is 6.87. The Bertz CT molecular complexity index is 486. The van der Waals surface area contributed by atoms with Gasteiger partial charge < -0.3 is 11.1 Å². The normalized spacial score (nSPS) is 13.2. The summed E-state index contributed by atoms with van der Waals surface area (Å²) in [5.41, 5.74) is 6.40. The molecule has 0 saturated heterocycles. The summed E-state index contributed by atoms with van der Waals surface area (Å²) in [6, 6.07) is 7.15. The quantitative estimate of drug-likeness (QED) is 0.769. The number of unbranched alkanes of at least 4 members (excludes halogenated alkanes) is 1. The van der Waals surface area contributed by atoms with Gasteiger partial charge in [-0.25, -0.2) is 8.42 Å². The number of nitrogens with two attached hydrogens (primary N) is 1. The molecule has 0 amide bonds. The summed E-state index contributed by atoms with van der Waals surface area (Å²) >= 11 is 0. The summed E-state index contributed by atoms with van der Waals surface area (Å²) in [5, 5.41) is 3.27. The Morgan fingerprint density at radius 2 is 1.95 bits per heavy atom. The summed E-state index contributed by atoms with van der Waals surface area (Å²) in [6.45, 7) is 4.28. The predicted molar refractivity (Wildman–Crippen MR) is 80.2 cm³/mol. The Morgan fingerprint density at radius 1 is 1.26 bits per heavy atom. The predicted octanol–water partition coefficient (Wildman–Crippen LogP) is 2.41. The van der Waals surface area contributed by atoms with E-state index in [0.717, 1.165) is 19.3 Å². The molecular weight excluding hydrogens is 260 g/mol. The van der Waals surface area contributed by atoms with E-state index in [1.165, 1.54) is 0 Å². The zero-order valence-electron chi connectivity index (χ0n) is 11.7. The van der Waals surface area contributed by atoms with Crippen molar-refractivity contribution < 1.29 is 8.42 Å². The first-order valence-electron chi connectivity index (χ1n) is 6.83. The molecule has 0 aliphatic heterocycles. The van der Waals surface area contributed by atoms with E-state index in [0.29, 0.717) is 17.1 Å². The van der Waals surface area contributed by atoms with E-state index in [2.05, 4.69) is 12.2 Å². The van der Waals surface area contributed by atoms with Gasteiger partial charge in [0.1, 0.15) is 0 Å². The van der Waals surface area contributed by atoms with Gasteiger partial charge in [-0.15, -0.1) is 0 Å². The molecule has 1 aromatic rings. The number of sulfone groups is 1. The Hall–Kier alpha value is -1.07. The molecule has 1 atom stereocenters. The minimum atomic E-state index is -3.21. The lowest BCUT2D eigenvalue weighted by Gasteiger charge is -2.20. The van der Waals surface area contributed by atoms with Crippen LogP contribution in [0.2, 0.25) is 0 Å². The van der Waals surface area contributed by atoms with E-state index in [-0.39, 0.29) is 11.8 Å². The molecule has 4 nitrogen and oxygen atoms in total. The standard InChI is InChI=1S/C14H24N2O2S/c1-3-5-8-12(11-15)16-13-9-6-7-10-14(13)19(17,18)4-2/h6-7,9-10,12,16H,3-5,8,11,15H2,1-2H3. The van der Waals surface area contributed by atoms with Crippen molar-refractivity contribution >= 4 is 15.5 Å². The molecule has 19 heavy (non-hydrogen) atoms. The van der Waals surface area contributed by atoms with Crippen molar-refractivity contribution in [2.45, 2.75) is 44.0 Å². The van der Waals surface area contributed by atoms with Crippen LogP contribution in [-0.4, -0.2) is 26.8 Å². The smallest absolute Gasteiger partial charge is 0.180 e. The van der Waals surface area contributed by atoms with E-state index in [1.807, 2.05) is 6.07 Å². The van der Waals surface area contributed by atoms with Gasteiger partial charge in [0.05, 0.1) is 16.3 Å². The molecule has 5 heteroatoms. The third-order valence-corrected chi connectivity index (χ3v) is 4.94. The van der Waals surface area contributed by atoms with E-state index in [9.17, 15) is 8.42 Å². The molecule has 0 fully saturated rings. The van der Waals surface area contributed by atoms with Gasteiger partial charge in [0, 0.05) is 12.6 Å². The van der Waals surface area contributed by atoms with Crippen molar-refractivity contribution in [2.75, 3.05) is 17.6 Å². The van der Waals surface area contributed by atoms with E-state index in [4.69, 9.17) is 5.73 Å². The fraction of sp³-hybridized carbons (Fsp3) is 0.571. The number of hydrogen-bond acceptors (Lipinski definition) is 4. The molecule has 0 bridgehead atoms. The van der Waals surface area contributed by atoms with Crippen molar-refractivity contribution in [1.82, 2.24) is 0 Å². The summed E-state index contributed by atoms with van der Waals surface area (Å²) in [7, 11) is -3.21. The van der Waals surface area contributed by atoms with E-state index >= 15 is 0 Å². The van der Waals surface area contributed by atoms with Gasteiger partial charge >= 0.3 is 0 Å². The van der Waals surface area contributed by atoms with Crippen molar-refractivity contribution in [3.63, 3.8) is 0 Å². The molecule has 1 aromatic carbocycles. The van der Waals surface area contributed by atoms with Gasteiger partial charge in [-0.05, 0) is 18.6 Å². The Balaban J connectivity index is 2.94. The highest BCUT2D eigenvalue weighted by Gasteiger charge is 2.17. The third kappa shape index (κ3) is 4.51. The summed E-state index contributed by atoms with van der Waals surface area (Å²) < 4.78 is 24.1. The molecule has 0 heterocycles. The minimum absolute atomic E-state index is 0.105. The number of para-hydroxylation sites is 1. The Morgan fingerprint density at radius 3 is 2.53 bits per heavy atom. The van der Waals surface area contributed by atoms with E-state index in [1.54, 1.807) is 25.1 Å². The number of benzene rings is 1. The molecule has 0 spiro atoms. The van der Waals surface area contributed by atoms with Crippen LogP contribution in [0.15, 0.2) is 29.2 Å². The maximum atomic E-state index is 12.0. The lowest BCUT2D eigenvalue weighted by molar-refractivity contribution is 0.595. The van der Waals surface area contributed by atoms with Crippen LogP contribution in [-0.2, 0) is 9.84 Å². The van der Waals surface area contributed by atoms with Crippen LogP contribution in [0.1, 0.15) is 33.1 Å². The van der Waals surface area contributed by atoms with E-state index < -0.39 is 9.84 Å². The average Bonchev–Trinajstić information content (AvgIpc) is 2.43. The van der Waals surface area contributed by atoms with Crippen LogP contribution < -0.4 is 11.1 Å². The first-order chi connectivity index (χ1) is 9.05. The molecular formula is C14H24N2O2S. The average molecular weight is 284 g/mol. The van der Waals surface area contributed by atoms with Crippen molar-refractivity contribution in [3.05, 3.63) is 24.3 Å². The molecule has 0 radical (unpaired) electrons. The lowest BCUT2D eigenvalue weighted by Crippen LogP contribution is -2.29. The van der Waals surface area contributed by atoms with Gasteiger partial charge in [-0.3, -0.25) is 0 Å². The highest BCUT2D eigenvalue weighted by atomic mass is 32.2. The molecule has 0 aromatic heterocycles. The topological polar surface area (TPSA) is 72.2 Å².